The highest BCUT2D eigenvalue weighted by Crippen LogP contribution is 2.03. The van der Waals surface area contributed by atoms with Crippen LogP contribution in [0.3, 0.4) is 0 Å². The van der Waals surface area contributed by atoms with Crippen molar-refractivity contribution in [3.8, 4) is 12.3 Å². The lowest BCUT2D eigenvalue weighted by Crippen LogP contribution is -2.01. The third kappa shape index (κ3) is 5.94. The highest BCUT2D eigenvalue weighted by atomic mass is 35.5. The summed E-state index contributed by atoms with van der Waals surface area (Å²) >= 11 is 5.45. The van der Waals surface area contributed by atoms with Crippen molar-refractivity contribution < 1.29 is 5.11 Å². The second-order valence-corrected chi connectivity index (χ2v) is 2.60. The van der Waals surface area contributed by atoms with E-state index in [1.54, 1.807) is 0 Å². The summed E-state index contributed by atoms with van der Waals surface area (Å²) < 4.78 is 0. The lowest BCUT2D eigenvalue weighted by molar-refractivity contribution is 0.218. The van der Waals surface area contributed by atoms with Crippen LogP contribution in [-0.2, 0) is 0 Å². The first-order valence-electron chi connectivity index (χ1n) is 3.51. The molecule has 0 amide bonds. The van der Waals surface area contributed by atoms with Crippen LogP contribution in [0.5, 0.6) is 0 Å². The molecule has 0 aliphatic rings. The number of hydrogen-bond donors (Lipinski definition) is 1. The first kappa shape index (κ1) is 9.81. The number of alkyl halides is 1. The van der Waals surface area contributed by atoms with E-state index < -0.39 is 6.10 Å². The molecule has 0 bridgehead atoms. The molecular formula is C8H13ClO. The van der Waals surface area contributed by atoms with Gasteiger partial charge in [0.05, 0.1) is 0 Å². The first-order valence-corrected chi connectivity index (χ1v) is 4.05. The van der Waals surface area contributed by atoms with Gasteiger partial charge in [0.2, 0.25) is 0 Å². The molecule has 0 aliphatic carbocycles. The molecular weight excluding hydrogens is 148 g/mol. The molecule has 0 unspecified atom stereocenters. The molecule has 0 rings (SSSR count). The molecule has 2 heteroatoms. The third-order valence-electron chi connectivity index (χ3n) is 1.30. The number of halogens is 1. The zero-order valence-electron chi connectivity index (χ0n) is 6.02. The fraction of sp³-hybridized carbons (Fsp3) is 0.750. The van der Waals surface area contributed by atoms with Crippen LogP contribution >= 0.6 is 11.6 Å². The van der Waals surface area contributed by atoms with Crippen molar-refractivity contribution in [3.05, 3.63) is 0 Å². The van der Waals surface area contributed by atoms with Crippen molar-refractivity contribution in [3.63, 3.8) is 0 Å². The minimum atomic E-state index is -0.560. The fourth-order valence-corrected chi connectivity index (χ4v) is 0.881. The third-order valence-corrected chi connectivity index (χ3v) is 1.57. The number of rotatable bonds is 5. The molecule has 0 heterocycles. The van der Waals surface area contributed by atoms with Crippen molar-refractivity contribution in [2.24, 2.45) is 0 Å². The number of aliphatic hydroxyl groups excluding tert-OH is 1. The second-order valence-electron chi connectivity index (χ2n) is 2.22. The van der Waals surface area contributed by atoms with E-state index in [-0.39, 0.29) is 0 Å². The molecule has 0 saturated heterocycles. The van der Waals surface area contributed by atoms with E-state index in [1.807, 2.05) is 0 Å². The summed E-state index contributed by atoms with van der Waals surface area (Å²) in [5.41, 5.74) is 0. The number of hydrogen-bond acceptors (Lipinski definition) is 1. The van der Waals surface area contributed by atoms with Crippen LogP contribution in [0.25, 0.3) is 0 Å². The molecule has 0 aromatic carbocycles. The molecule has 0 aromatic heterocycles. The van der Waals surface area contributed by atoms with Gasteiger partial charge in [-0.25, -0.2) is 0 Å². The molecule has 0 saturated carbocycles. The summed E-state index contributed by atoms with van der Waals surface area (Å²) in [4.78, 5) is 0. The fourth-order valence-electron chi connectivity index (χ4n) is 0.692. The van der Waals surface area contributed by atoms with Crippen molar-refractivity contribution >= 4 is 11.6 Å². The predicted molar refractivity (Wildman–Crippen MR) is 44.0 cm³/mol. The van der Waals surface area contributed by atoms with E-state index in [0.717, 1.165) is 19.3 Å². The van der Waals surface area contributed by atoms with Crippen LogP contribution in [0.4, 0.5) is 0 Å². The maximum absolute atomic E-state index is 8.89. The standard InChI is InChI=1S/C8H13ClO/c1-2-8(10)6-4-3-5-7-9/h1,8,10H,3-7H2/t8-/m1/s1. The monoisotopic (exact) mass is 160 g/mol. The maximum Gasteiger partial charge on any atom is 0.114 e. The van der Waals surface area contributed by atoms with Crippen LogP contribution < -0.4 is 0 Å². The van der Waals surface area contributed by atoms with Gasteiger partial charge in [-0.3, -0.25) is 0 Å². The molecule has 1 N–H and O–H groups in total. The van der Waals surface area contributed by atoms with Gasteiger partial charge >= 0.3 is 0 Å². The Labute approximate surface area is 67.4 Å². The Morgan fingerprint density at radius 1 is 1.40 bits per heavy atom. The highest BCUT2D eigenvalue weighted by molar-refractivity contribution is 6.17. The summed E-state index contributed by atoms with van der Waals surface area (Å²) in [5, 5.41) is 8.89. The summed E-state index contributed by atoms with van der Waals surface area (Å²) in [6, 6.07) is 0. The highest BCUT2D eigenvalue weighted by Gasteiger charge is 1.96. The lowest BCUT2D eigenvalue weighted by atomic mass is 10.1. The molecule has 10 heavy (non-hydrogen) atoms. The minimum Gasteiger partial charge on any atom is -0.380 e. The molecule has 58 valence electrons. The van der Waals surface area contributed by atoms with E-state index in [2.05, 4.69) is 5.92 Å². The Bertz CT molecular complexity index is 106. The average Bonchev–Trinajstić information content (AvgIpc) is 1.98. The SMILES string of the molecule is C#C[C@@H](O)CCCCCCl. The molecule has 0 spiro atoms. The van der Waals surface area contributed by atoms with Gasteiger partial charge in [0.25, 0.3) is 0 Å². The number of unbranched alkanes of at least 4 members (excludes halogenated alkanes) is 2. The Hall–Kier alpha value is -0.190. The van der Waals surface area contributed by atoms with Crippen LogP contribution in [0, 0.1) is 12.3 Å². The molecule has 1 atom stereocenters. The topological polar surface area (TPSA) is 20.2 Å². The number of aliphatic hydroxyl groups is 1. The molecule has 0 fully saturated rings. The van der Waals surface area contributed by atoms with Crippen molar-refractivity contribution in [2.45, 2.75) is 31.8 Å². The largest absolute Gasteiger partial charge is 0.380 e. The summed E-state index contributed by atoms with van der Waals surface area (Å²) in [5.74, 6) is 2.96. The quantitative estimate of drug-likeness (QED) is 0.369. The van der Waals surface area contributed by atoms with Gasteiger partial charge in [0, 0.05) is 5.88 Å². The first-order chi connectivity index (χ1) is 4.81. The zero-order valence-corrected chi connectivity index (χ0v) is 6.77. The molecule has 0 aliphatic heterocycles. The summed E-state index contributed by atoms with van der Waals surface area (Å²) in [7, 11) is 0. The number of terminal acetylenes is 1. The van der Waals surface area contributed by atoms with Gasteiger partial charge in [-0.2, -0.15) is 0 Å². The average molecular weight is 161 g/mol. The van der Waals surface area contributed by atoms with Crippen molar-refractivity contribution in [1.82, 2.24) is 0 Å². The normalized spacial score (nSPS) is 12.5. The summed E-state index contributed by atoms with van der Waals surface area (Å²) in [6.07, 6.45) is 8.14. The predicted octanol–water partition coefficient (Wildman–Crippen LogP) is 1.78. The Morgan fingerprint density at radius 3 is 2.60 bits per heavy atom. The van der Waals surface area contributed by atoms with Crippen molar-refractivity contribution in [2.75, 3.05) is 5.88 Å². The maximum atomic E-state index is 8.89. The zero-order chi connectivity index (χ0) is 7.82. The van der Waals surface area contributed by atoms with E-state index >= 15 is 0 Å². The minimum absolute atomic E-state index is 0.560. The molecule has 0 radical (unpaired) electrons. The van der Waals surface area contributed by atoms with Crippen LogP contribution in [0.15, 0.2) is 0 Å². The van der Waals surface area contributed by atoms with E-state index in [4.69, 9.17) is 23.1 Å². The summed E-state index contributed by atoms with van der Waals surface area (Å²) in [6.45, 7) is 0. The van der Waals surface area contributed by atoms with Gasteiger partial charge in [0.15, 0.2) is 0 Å². The molecule has 1 nitrogen and oxygen atoms in total. The van der Waals surface area contributed by atoms with Crippen molar-refractivity contribution in [1.29, 1.82) is 0 Å². The second kappa shape index (κ2) is 6.92. The van der Waals surface area contributed by atoms with E-state index in [9.17, 15) is 0 Å². The van der Waals surface area contributed by atoms with Gasteiger partial charge in [-0.15, -0.1) is 18.0 Å². The van der Waals surface area contributed by atoms with Gasteiger partial charge in [0.1, 0.15) is 6.10 Å². The van der Waals surface area contributed by atoms with Gasteiger partial charge in [-0.1, -0.05) is 12.3 Å². The lowest BCUT2D eigenvalue weighted by Gasteiger charge is -2.00. The smallest absolute Gasteiger partial charge is 0.114 e. The van der Waals surface area contributed by atoms with Crippen LogP contribution in [-0.4, -0.2) is 17.1 Å². The van der Waals surface area contributed by atoms with E-state index in [0.29, 0.717) is 12.3 Å². The van der Waals surface area contributed by atoms with Gasteiger partial charge < -0.3 is 5.11 Å². The van der Waals surface area contributed by atoms with Crippen LogP contribution in [0.2, 0.25) is 0 Å². The molecule has 0 aromatic rings. The Balaban J connectivity index is 2.98. The van der Waals surface area contributed by atoms with Gasteiger partial charge in [-0.05, 0) is 19.3 Å². The van der Waals surface area contributed by atoms with E-state index in [1.165, 1.54) is 0 Å². The van der Waals surface area contributed by atoms with Crippen LogP contribution in [0.1, 0.15) is 25.7 Å². The Morgan fingerprint density at radius 2 is 2.10 bits per heavy atom. The Kier molecular flexibility index (Phi) is 6.79.